The van der Waals surface area contributed by atoms with Crippen LogP contribution in [0.5, 0.6) is 11.5 Å². The van der Waals surface area contributed by atoms with Gasteiger partial charge in [-0.2, -0.15) is 0 Å². The number of carbonyl (C=O) groups excluding carboxylic acids is 1. The smallest absolute Gasteiger partial charge is 0.185 e. The molecule has 0 spiro atoms. The second-order valence-corrected chi connectivity index (χ2v) is 7.93. The lowest BCUT2D eigenvalue weighted by Gasteiger charge is -2.21. The van der Waals surface area contributed by atoms with Crippen LogP contribution in [0, 0.1) is 0 Å². The number of ether oxygens (including phenoxy) is 2. The molecule has 0 heterocycles. The van der Waals surface area contributed by atoms with E-state index in [0.717, 1.165) is 40.3 Å². The molecular weight excluding hydrogens is 368 g/mol. The third-order valence-corrected chi connectivity index (χ3v) is 4.43. The highest BCUT2D eigenvalue weighted by atomic mass is 32.1. The molecule has 2 rings (SSSR count). The lowest BCUT2D eigenvalue weighted by Crippen LogP contribution is -2.12. The van der Waals surface area contributed by atoms with Crippen LogP contribution in [0.15, 0.2) is 42.0 Å². The first-order chi connectivity index (χ1) is 13.3. The van der Waals surface area contributed by atoms with Crippen LogP contribution in [0.3, 0.4) is 0 Å². The predicted molar refractivity (Wildman–Crippen MR) is 120 cm³/mol. The van der Waals surface area contributed by atoms with E-state index in [-0.39, 0.29) is 18.0 Å². The van der Waals surface area contributed by atoms with Crippen LogP contribution in [-0.2, 0) is 11.2 Å². The number of allylic oxidation sites excluding steroid dienone is 5. The number of benzene rings is 1. The topological polar surface area (TPSA) is 35.5 Å². The summed E-state index contributed by atoms with van der Waals surface area (Å²) in [6.07, 6.45) is 11.5. The highest BCUT2D eigenvalue weighted by Gasteiger charge is 2.17. The zero-order valence-corrected chi connectivity index (χ0v) is 18.3. The lowest BCUT2D eigenvalue weighted by molar-refractivity contribution is -0.111. The summed E-state index contributed by atoms with van der Waals surface area (Å²) in [6, 6.07) is 4.03. The van der Waals surface area contributed by atoms with E-state index in [2.05, 4.69) is 13.0 Å². The maximum Gasteiger partial charge on any atom is 0.185 e. The highest BCUT2D eigenvalue weighted by Crippen LogP contribution is 2.36. The van der Waals surface area contributed by atoms with Crippen molar-refractivity contribution in [3.8, 4) is 11.5 Å². The molecule has 0 fully saturated rings. The van der Waals surface area contributed by atoms with Gasteiger partial charge in [0.25, 0.3) is 0 Å². The van der Waals surface area contributed by atoms with E-state index in [9.17, 15) is 4.79 Å². The molecule has 3 nitrogen and oxygen atoms in total. The standard InChI is InChI=1S/C24H30O3S/c1-6-7-19-10-15-23(26-16(2)3)21(24(19)27-17(4)5)13-14-22(25)18-8-11-20(28)12-9-18/h8-11,13-17H,6-7,12H2,1-5H3. The molecule has 1 aliphatic rings. The van der Waals surface area contributed by atoms with Crippen molar-refractivity contribution in [2.24, 2.45) is 0 Å². The summed E-state index contributed by atoms with van der Waals surface area (Å²) in [5.74, 6) is 1.47. The van der Waals surface area contributed by atoms with Gasteiger partial charge in [-0.3, -0.25) is 4.79 Å². The van der Waals surface area contributed by atoms with Gasteiger partial charge < -0.3 is 9.47 Å². The lowest BCUT2D eigenvalue weighted by atomic mass is 10.00. The van der Waals surface area contributed by atoms with Crippen molar-refractivity contribution in [3.05, 3.63) is 53.1 Å². The van der Waals surface area contributed by atoms with Gasteiger partial charge in [0, 0.05) is 16.9 Å². The molecule has 1 aliphatic carbocycles. The van der Waals surface area contributed by atoms with Gasteiger partial charge in [-0.1, -0.05) is 43.8 Å². The Bertz CT molecular complexity index is 813. The summed E-state index contributed by atoms with van der Waals surface area (Å²) in [5.41, 5.74) is 2.60. The Balaban J connectivity index is 2.45. The van der Waals surface area contributed by atoms with Crippen LogP contribution in [0.2, 0.25) is 0 Å². The fraction of sp³-hybridized carbons (Fsp3) is 0.417. The van der Waals surface area contributed by atoms with Gasteiger partial charge in [-0.15, -0.1) is 0 Å². The monoisotopic (exact) mass is 398 g/mol. The van der Waals surface area contributed by atoms with Crippen molar-refractivity contribution >= 4 is 28.9 Å². The first-order valence-corrected chi connectivity index (χ1v) is 10.3. The van der Waals surface area contributed by atoms with E-state index in [1.165, 1.54) is 0 Å². The van der Waals surface area contributed by atoms with Crippen LogP contribution < -0.4 is 9.47 Å². The van der Waals surface area contributed by atoms with Gasteiger partial charge in [-0.25, -0.2) is 0 Å². The second-order valence-electron chi connectivity index (χ2n) is 7.41. The van der Waals surface area contributed by atoms with Gasteiger partial charge in [-0.05, 0) is 64.0 Å². The zero-order valence-electron chi connectivity index (χ0n) is 17.5. The first-order valence-electron chi connectivity index (χ1n) is 9.94. The van der Waals surface area contributed by atoms with Crippen LogP contribution in [0.4, 0.5) is 0 Å². The van der Waals surface area contributed by atoms with E-state index >= 15 is 0 Å². The fourth-order valence-electron chi connectivity index (χ4n) is 2.95. The van der Waals surface area contributed by atoms with E-state index in [0.29, 0.717) is 12.0 Å². The Morgan fingerprint density at radius 2 is 1.86 bits per heavy atom. The van der Waals surface area contributed by atoms with Crippen LogP contribution >= 0.6 is 12.2 Å². The van der Waals surface area contributed by atoms with Crippen molar-refractivity contribution in [2.75, 3.05) is 0 Å². The average molecular weight is 399 g/mol. The summed E-state index contributed by atoms with van der Waals surface area (Å²) >= 11 is 5.15. The minimum absolute atomic E-state index is 0.0248. The molecule has 0 bridgehead atoms. The molecule has 0 aromatic heterocycles. The third kappa shape index (κ3) is 6.16. The maximum absolute atomic E-state index is 12.6. The van der Waals surface area contributed by atoms with E-state index in [1.54, 1.807) is 12.2 Å². The molecule has 0 aliphatic heterocycles. The number of ketones is 1. The molecule has 0 saturated heterocycles. The molecule has 1 aromatic rings. The van der Waals surface area contributed by atoms with Crippen molar-refractivity contribution < 1.29 is 14.3 Å². The number of aryl methyl sites for hydroxylation is 1. The molecule has 0 amide bonds. The van der Waals surface area contributed by atoms with Gasteiger partial charge in [0.15, 0.2) is 5.78 Å². The minimum Gasteiger partial charge on any atom is -0.490 e. The highest BCUT2D eigenvalue weighted by molar-refractivity contribution is 7.80. The average Bonchev–Trinajstić information content (AvgIpc) is 2.63. The van der Waals surface area contributed by atoms with Crippen LogP contribution in [0.25, 0.3) is 6.08 Å². The predicted octanol–water partition coefficient (Wildman–Crippen LogP) is 6.05. The van der Waals surface area contributed by atoms with E-state index in [4.69, 9.17) is 21.7 Å². The molecule has 28 heavy (non-hydrogen) atoms. The molecule has 0 N–H and O–H groups in total. The Labute approximate surface area is 174 Å². The number of carbonyl (C=O) groups is 1. The normalized spacial score (nSPS) is 14.1. The molecule has 0 atom stereocenters. The largest absolute Gasteiger partial charge is 0.490 e. The van der Waals surface area contributed by atoms with Gasteiger partial charge in [0.05, 0.1) is 17.8 Å². The molecule has 0 saturated carbocycles. The molecule has 0 unspecified atom stereocenters. The summed E-state index contributed by atoms with van der Waals surface area (Å²) < 4.78 is 12.2. The summed E-state index contributed by atoms with van der Waals surface area (Å²) in [4.78, 5) is 13.5. The maximum atomic E-state index is 12.6. The SMILES string of the molecule is CCCc1ccc(OC(C)C)c(C=CC(=O)C2=CCC(=S)C=C2)c1OC(C)C. The van der Waals surface area contributed by atoms with Crippen molar-refractivity contribution in [2.45, 2.75) is 66.1 Å². The second kappa shape index (κ2) is 10.4. The van der Waals surface area contributed by atoms with Gasteiger partial charge in [0.2, 0.25) is 0 Å². The summed E-state index contributed by atoms with van der Waals surface area (Å²) in [7, 11) is 0. The van der Waals surface area contributed by atoms with Crippen molar-refractivity contribution in [3.63, 3.8) is 0 Å². The van der Waals surface area contributed by atoms with Crippen LogP contribution in [0.1, 0.15) is 58.6 Å². The van der Waals surface area contributed by atoms with Crippen LogP contribution in [-0.4, -0.2) is 22.9 Å². The Morgan fingerprint density at radius 1 is 1.14 bits per heavy atom. The van der Waals surface area contributed by atoms with E-state index in [1.807, 2.05) is 52.0 Å². The number of hydrogen-bond acceptors (Lipinski definition) is 4. The molecule has 1 aromatic carbocycles. The van der Waals surface area contributed by atoms with Gasteiger partial charge >= 0.3 is 0 Å². The number of hydrogen-bond donors (Lipinski definition) is 0. The molecule has 0 radical (unpaired) electrons. The molecule has 4 heteroatoms. The molecule has 150 valence electrons. The quantitative estimate of drug-likeness (QED) is 0.374. The Hall–Kier alpha value is -2.20. The minimum atomic E-state index is -0.0503. The first kappa shape index (κ1) is 22.1. The Kier molecular flexibility index (Phi) is 8.18. The summed E-state index contributed by atoms with van der Waals surface area (Å²) in [6.45, 7) is 10.1. The zero-order chi connectivity index (χ0) is 20.7. The number of thiocarbonyl (C=S) groups is 1. The van der Waals surface area contributed by atoms with Gasteiger partial charge in [0.1, 0.15) is 11.5 Å². The van der Waals surface area contributed by atoms with Crippen molar-refractivity contribution in [1.29, 1.82) is 0 Å². The molecular formula is C24H30O3S. The summed E-state index contributed by atoms with van der Waals surface area (Å²) in [5, 5.41) is 0. The van der Waals surface area contributed by atoms with Crippen molar-refractivity contribution in [1.82, 2.24) is 0 Å². The Morgan fingerprint density at radius 3 is 2.43 bits per heavy atom. The third-order valence-electron chi connectivity index (χ3n) is 4.13. The number of rotatable bonds is 9. The van der Waals surface area contributed by atoms with E-state index < -0.39 is 0 Å². The fourth-order valence-corrected chi connectivity index (χ4v) is 3.10.